The molecule has 0 aromatic heterocycles. The number of amides is 3. The molecule has 1 spiro atoms. The fourth-order valence-corrected chi connectivity index (χ4v) is 8.65. The Morgan fingerprint density at radius 2 is 1.94 bits per heavy atom. The lowest BCUT2D eigenvalue weighted by Gasteiger charge is -2.39. The van der Waals surface area contributed by atoms with E-state index in [1.807, 2.05) is 0 Å². The molecule has 0 aromatic carbocycles. The fraction of sp³-hybridized carbons (Fsp3) is 0.731. The molecule has 0 aromatic rings. The second-order valence-electron chi connectivity index (χ2n) is 10.4. The number of likely N-dealkylation sites (tertiary alicyclic amines) is 1. The quantitative estimate of drug-likeness (QED) is 0.396. The maximum Gasteiger partial charge on any atom is 0.247 e. The molecule has 0 radical (unpaired) electrons. The first-order valence-corrected chi connectivity index (χ1v) is 13.8. The predicted octanol–water partition coefficient (Wildman–Crippen LogP) is 0.450. The maximum absolute atomic E-state index is 14.3. The number of thioether (sulfide) groups is 1. The van der Waals surface area contributed by atoms with Crippen molar-refractivity contribution in [3.05, 3.63) is 25.3 Å². The van der Waals surface area contributed by atoms with Gasteiger partial charge in [0.1, 0.15) is 6.04 Å². The van der Waals surface area contributed by atoms with Crippen LogP contribution in [0.15, 0.2) is 25.3 Å². The van der Waals surface area contributed by atoms with Crippen LogP contribution in [0.3, 0.4) is 0 Å². The highest BCUT2D eigenvalue weighted by atomic mass is 32.2. The lowest BCUT2D eigenvalue weighted by molar-refractivity contribution is -0.146. The zero-order chi connectivity index (χ0) is 26.0. The van der Waals surface area contributed by atoms with Crippen molar-refractivity contribution < 1.29 is 24.2 Å². The number of nitrogens with zero attached hydrogens (tertiary/aromatic N) is 4. The van der Waals surface area contributed by atoms with Crippen LogP contribution in [-0.2, 0) is 19.1 Å². The number of aliphatic hydroxyl groups excluding tert-OH is 1. The SMILES string of the molecule is C=CCN(C)C(=O)[C@@H]1[C@@H]2CCC3(S2)C(C(=O)N(CC=C)CCN2CCOCC2)N([C@H](C)CO)C(=O)[C@H]13. The first-order chi connectivity index (χ1) is 17.3. The van der Waals surface area contributed by atoms with E-state index in [9.17, 15) is 19.5 Å². The zero-order valence-corrected chi connectivity index (χ0v) is 22.3. The molecule has 0 saturated carbocycles. The number of carbonyl (C=O) groups excluding carboxylic acids is 3. The van der Waals surface area contributed by atoms with Gasteiger partial charge in [0.15, 0.2) is 0 Å². The second kappa shape index (κ2) is 11.2. The van der Waals surface area contributed by atoms with Crippen molar-refractivity contribution in [2.45, 2.75) is 41.8 Å². The van der Waals surface area contributed by atoms with Crippen molar-refractivity contribution in [2.75, 3.05) is 66.1 Å². The predicted molar refractivity (Wildman–Crippen MR) is 139 cm³/mol. The summed E-state index contributed by atoms with van der Waals surface area (Å²) in [6, 6.07) is -1.23. The molecule has 4 saturated heterocycles. The third-order valence-electron chi connectivity index (χ3n) is 8.23. The van der Waals surface area contributed by atoms with E-state index >= 15 is 0 Å². The van der Waals surface area contributed by atoms with Crippen LogP contribution in [0.2, 0.25) is 0 Å². The lowest BCUT2D eigenvalue weighted by Crippen LogP contribution is -2.57. The number of ether oxygens (including phenoxy) is 1. The Kier molecular flexibility index (Phi) is 8.49. The highest BCUT2D eigenvalue weighted by Crippen LogP contribution is 2.66. The monoisotopic (exact) mass is 520 g/mol. The standard InChI is InChI=1S/C26H40N4O5S/c1-5-9-27(4)23(32)20-19-7-8-26(36-19)21(20)24(33)30(18(3)17-31)22(26)25(34)29(10-6-2)12-11-28-13-15-35-16-14-28/h5-6,18-22,31H,1-2,7-17H2,3-4H3/t18-,19+,20-,21+,22?,26?/m1/s1. The summed E-state index contributed by atoms with van der Waals surface area (Å²) in [5.74, 6) is -1.38. The molecule has 6 atom stereocenters. The second-order valence-corrected chi connectivity index (χ2v) is 12.0. The summed E-state index contributed by atoms with van der Waals surface area (Å²) in [4.78, 5) is 49.0. The normalized spacial score (nSPS) is 32.3. The molecule has 4 heterocycles. The van der Waals surface area contributed by atoms with Gasteiger partial charge in [0.05, 0.1) is 42.4 Å². The van der Waals surface area contributed by atoms with Crippen LogP contribution in [0.25, 0.3) is 0 Å². The highest BCUT2D eigenvalue weighted by molar-refractivity contribution is 8.02. The first-order valence-electron chi connectivity index (χ1n) is 13.0. The number of fused-ring (bicyclic) bond motifs is 1. The number of carbonyl (C=O) groups is 3. The molecule has 3 amide bonds. The smallest absolute Gasteiger partial charge is 0.247 e. The van der Waals surface area contributed by atoms with Crippen LogP contribution in [0.4, 0.5) is 0 Å². The Morgan fingerprint density at radius 3 is 2.58 bits per heavy atom. The van der Waals surface area contributed by atoms with Gasteiger partial charge in [-0.15, -0.1) is 24.9 Å². The molecule has 4 aliphatic rings. The Balaban J connectivity index is 1.64. The van der Waals surface area contributed by atoms with Crippen LogP contribution in [0, 0.1) is 11.8 Å². The van der Waals surface area contributed by atoms with Crippen LogP contribution < -0.4 is 0 Å². The summed E-state index contributed by atoms with van der Waals surface area (Å²) in [5, 5.41) is 10.1. The minimum absolute atomic E-state index is 0.0156. The maximum atomic E-state index is 14.3. The number of aliphatic hydroxyl groups is 1. The van der Waals surface area contributed by atoms with Crippen LogP contribution in [0.5, 0.6) is 0 Å². The van der Waals surface area contributed by atoms with Gasteiger partial charge in [-0.2, -0.15) is 0 Å². The van der Waals surface area contributed by atoms with Gasteiger partial charge in [-0.3, -0.25) is 19.3 Å². The molecule has 10 heteroatoms. The third-order valence-corrected chi connectivity index (χ3v) is 10.2. The molecule has 4 fully saturated rings. The number of hydrogen-bond acceptors (Lipinski definition) is 7. The Labute approximate surface area is 218 Å². The van der Waals surface area contributed by atoms with E-state index in [4.69, 9.17) is 4.74 Å². The van der Waals surface area contributed by atoms with Crippen molar-refractivity contribution in [3.8, 4) is 0 Å². The van der Waals surface area contributed by atoms with Crippen LogP contribution in [0.1, 0.15) is 19.8 Å². The summed E-state index contributed by atoms with van der Waals surface area (Å²) in [7, 11) is 1.74. The van der Waals surface area contributed by atoms with Crippen molar-refractivity contribution in [1.29, 1.82) is 0 Å². The van der Waals surface area contributed by atoms with E-state index in [0.717, 1.165) is 26.1 Å². The van der Waals surface area contributed by atoms with Gasteiger partial charge in [-0.05, 0) is 19.8 Å². The van der Waals surface area contributed by atoms with E-state index in [1.165, 1.54) is 0 Å². The van der Waals surface area contributed by atoms with Crippen molar-refractivity contribution in [1.82, 2.24) is 19.6 Å². The lowest BCUT2D eigenvalue weighted by atomic mass is 9.70. The molecule has 4 aliphatic heterocycles. The minimum atomic E-state index is -0.709. The van der Waals surface area contributed by atoms with Crippen molar-refractivity contribution in [2.24, 2.45) is 11.8 Å². The molecule has 0 aliphatic carbocycles. The van der Waals surface area contributed by atoms with Gasteiger partial charge in [0.2, 0.25) is 17.7 Å². The average molecular weight is 521 g/mol. The van der Waals surface area contributed by atoms with Gasteiger partial charge in [0, 0.05) is 51.6 Å². The summed E-state index contributed by atoms with van der Waals surface area (Å²) in [5.41, 5.74) is 0. The number of hydrogen-bond donors (Lipinski definition) is 1. The Morgan fingerprint density at radius 1 is 1.25 bits per heavy atom. The molecule has 9 nitrogen and oxygen atoms in total. The minimum Gasteiger partial charge on any atom is -0.394 e. The van der Waals surface area contributed by atoms with Crippen LogP contribution >= 0.6 is 11.8 Å². The van der Waals surface area contributed by atoms with Gasteiger partial charge < -0.3 is 24.5 Å². The van der Waals surface area contributed by atoms with E-state index in [0.29, 0.717) is 39.3 Å². The number of morpholine rings is 1. The van der Waals surface area contributed by atoms with Gasteiger partial charge in [-0.25, -0.2) is 0 Å². The number of likely N-dealkylation sites (N-methyl/N-ethyl adjacent to an activating group) is 1. The van der Waals surface area contributed by atoms with Gasteiger partial charge in [-0.1, -0.05) is 12.2 Å². The molecule has 36 heavy (non-hydrogen) atoms. The molecular formula is C26H40N4O5S. The largest absolute Gasteiger partial charge is 0.394 e. The number of rotatable bonds is 11. The zero-order valence-electron chi connectivity index (χ0n) is 21.5. The topological polar surface area (TPSA) is 93.6 Å². The molecular weight excluding hydrogens is 480 g/mol. The molecule has 2 unspecified atom stereocenters. The van der Waals surface area contributed by atoms with Crippen molar-refractivity contribution in [3.63, 3.8) is 0 Å². The Bertz CT molecular complexity index is 880. The van der Waals surface area contributed by atoms with Gasteiger partial charge >= 0.3 is 0 Å². The average Bonchev–Trinajstić information content (AvgIpc) is 3.53. The highest BCUT2D eigenvalue weighted by Gasteiger charge is 2.74. The summed E-state index contributed by atoms with van der Waals surface area (Å²) < 4.78 is 4.79. The fourth-order valence-electron chi connectivity index (χ4n) is 6.46. The van der Waals surface area contributed by atoms with Crippen molar-refractivity contribution >= 4 is 29.5 Å². The van der Waals surface area contributed by atoms with E-state index < -0.39 is 28.7 Å². The summed E-state index contributed by atoms with van der Waals surface area (Å²) >= 11 is 1.66. The molecule has 200 valence electrons. The third kappa shape index (κ3) is 4.61. The molecule has 1 N–H and O–H groups in total. The van der Waals surface area contributed by atoms with E-state index in [1.54, 1.807) is 52.6 Å². The molecule has 4 rings (SSSR count). The van der Waals surface area contributed by atoms with E-state index in [2.05, 4.69) is 18.1 Å². The molecule has 2 bridgehead atoms. The Hall–Kier alpha value is -1.88. The first kappa shape index (κ1) is 27.2. The van der Waals surface area contributed by atoms with Crippen LogP contribution in [-0.4, -0.2) is 131 Å². The van der Waals surface area contributed by atoms with E-state index in [-0.39, 0.29) is 29.6 Å². The summed E-state index contributed by atoms with van der Waals surface area (Å²) in [6.07, 6.45) is 4.91. The summed E-state index contributed by atoms with van der Waals surface area (Å²) in [6.45, 7) is 14.2. The van der Waals surface area contributed by atoms with Gasteiger partial charge in [0.25, 0.3) is 0 Å².